The lowest BCUT2D eigenvalue weighted by Gasteiger charge is -2.22. The van der Waals surface area contributed by atoms with Crippen LogP contribution in [-0.2, 0) is 20.7 Å². The number of esters is 2. The number of carbonyl (C=O) groups excluding carboxylic acids is 2. The molecule has 2 heterocycles. The van der Waals surface area contributed by atoms with Crippen LogP contribution in [-0.4, -0.2) is 55.4 Å². The number of aromatic nitrogens is 6. The van der Waals surface area contributed by atoms with Gasteiger partial charge in [0.25, 0.3) is 0 Å². The van der Waals surface area contributed by atoms with Gasteiger partial charge in [-0.05, 0) is 60.4 Å². The Bertz CT molecular complexity index is 1830. The van der Waals surface area contributed by atoms with E-state index in [9.17, 15) is 9.59 Å². The molecule has 0 saturated heterocycles. The number of aryl methyl sites for hydroxylation is 1. The van der Waals surface area contributed by atoms with Crippen molar-refractivity contribution in [2.45, 2.75) is 66.6 Å². The Balaban J connectivity index is 1.53. The number of ether oxygens (including phenoxy) is 4. The second-order valence-electron chi connectivity index (χ2n) is 11.1. The fourth-order valence-corrected chi connectivity index (χ4v) is 4.88. The molecule has 0 aliphatic carbocycles. The highest BCUT2D eigenvalue weighted by molar-refractivity contribution is 6.04. The smallest absolute Gasteiger partial charge is 0.347 e. The van der Waals surface area contributed by atoms with Gasteiger partial charge in [0.05, 0.1) is 12.1 Å². The molecule has 0 amide bonds. The van der Waals surface area contributed by atoms with Gasteiger partial charge in [-0.15, -0.1) is 10.2 Å². The number of hydrogen-bond acceptors (Lipinski definition) is 11. The van der Waals surface area contributed by atoms with Gasteiger partial charge in [-0.3, -0.25) is 4.79 Å². The second-order valence-corrected chi connectivity index (χ2v) is 11.1. The number of nitrogens with one attached hydrogen (secondary N) is 1. The van der Waals surface area contributed by atoms with Crippen LogP contribution >= 0.6 is 0 Å². The van der Waals surface area contributed by atoms with Crippen LogP contribution in [0.3, 0.4) is 0 Å². The first-order valence-corrected chi connectivity index (χ1v) is 15.8. The van der Waals surface area contributed by atoms with Crippen molar-refractivity contribution in [3.63, 3.8) is 0 Å². The number of aromatic amines is 1. The number of rotatable bonds is 14. The van der Waals surface area contributed by atoms with Gasteiger partial charge in [0.1, 0.15) is 28.3 Å². The summed E-state index contributed by atoms with van der Waals surface area (Å²) in [6.45, 7) is 9.49. The van der Waals surface area contributed by atoms with Crippen LogP contribution in [0.2, 0.25) is 0 Å². The van der Waals surface area contributed by atoms with Gasteiger partial charge in [-0.25, -0.2) is 14.8 Å². The van der Waals surface area contributed by atoms with Gasteiger partial charge in [-0.2, -0.15) is 5.21 Å². The first-order chi connectivity index (χ1) is 22.8. The predicted octanol–water partition coefficient (Wildman–Crippen LogP) is 7.10. The molecule has 0 aliphatic rings. The molecule has 2 aromatic heterocycles. The molecule has 1 atom stereocenters. The van der Waals surface area contributed by atoms with Crippen LogP contribution in [0, 0.1) is 5.92 Å². The van der Waals surface area contributed by atoms with Crippen molar-refractivity contribution in [2.75, 3.05) is 6.61 Å². The van der Waals surface area contributed by atoms with Crippen molar-refractivity contribution in [1.29, 1.82) is 0 Å². The normalized spacial score (nSPS) is 11.8. The Labute approximate surface area is 272 Å². The first kappa shape index (κ1) is 33.0. The van der Waals surface area contributed by atoms with E-state index in [1.165, 1.54) is 0 Å². The highest BCUT2D eigenvalue weighted by Crippen LogP contribution is 2.35. The molecule has 244 valence electrons. The molecule has 0 radical (unpaired) electrons. The molecule has 5 aromatic rings. The summed E-state index contributed by atoms with van der Waals surface area (Å²) in [6.07, 6.45) is 1.50. The van der Waals surface area contributed by atoms with Crippen LogP contribution in [0.1, 0.15) is 69.9 Å². The minimum absolute atomic E-state index is 0.0790. The van der Waals surface area contributed by atoms with Crippen LogP contribution in [0.25, 0.3) is 33.5 Å². The largest absolute Gasteiger partial charge is 0.493 e. The van der Waals surface area contributed by atoms with E-state index < -0.39 is 18.2 Å². The molecule has 0 fully saturated rings. The molecule has 1 N–H and O–H groups in total. The van der Waals surface area contributed by atoms with Crippen molar-refractivity contribution < 1.29 is 28.5 Å². The molecule has 0 bridgehead atoms. The highest BCUT2D eigenvalue weighted by atomic mass is 16.7. The lowest BCUT2D eigenvalue weighted by Crippen LogP contribution is -2.29. The average Bonchev–Trinajstić information content (AvgIpc) is 3.62. The Kier molecular flexibility index (Phi) is 10.7. The lowest BCUT2D eigenvalue weighted by atomic mass is 9.99. The van der Waals surface area contributed by atoms with Crippen molar-refractivity contribution in [3.8, 4) is 39.9 Å². The molecule has 12 heteroatoms. The summed E-state index contributed by atoms with van der Waals surface area (Å²) in [5, 5.41) is 14.5. The molecule has 1 unspecified atom stereocenters. The zero-order valence-corrected chi connectivity index (χ0v) is 27.1. The summed E-state index contributed by atoms with van der Waals surface area (Å²) in [4.78, 5) is 35.5. The monoisotopic (exact) mass is 638 g/mol. The van der Waals surface area contributed by atoms with E-state index in [-0.39, 0.29) is 35.0 Å². The number of fused-ring (bicyclic) bond motifs is 1. The minimum Gasteiger partial charge on any atom is -0.493 e. The van der Waals surface area contributed by atoms with Crippen LogP contribution in [0.15, 0.2) is 60.7 Å². The van der Waals surface area contributed by atoms with Gasteiger partial charge in [-0.1, -0.05) is 70.5 Å². The maximum absolute atomic E-state index is 13.7. The topological polar surface area (TPSA) is 151 Å². The first-order valence-electron chi connectivity index (χ1n) is 15.8. The van der Waals surface area contributed by atoms with E-state index >= 15 is 0 Å². The van der Waals surface area contributed by atoms with E-state index in [2.05, 4.69) is 27.5 Å². The Morgan fingerprint density at radius 1 is 0.894 bits per heavy atom. The van der Waals surface area contributed by atoms with Crippen LogP contribution in [0.4, 0.5) is 0 Å². The SMILES string of the molecule is CCCCc1nc2ccc(OCC)c(C(=O)OC(OC(=O)CC)C(C)C)c2nc1Oc1ccc(-c2ccccc2-c2nn[nH]n2)cc1. The van der Waals surface area contributed by atoms with Gasteiger partial charge in [0.15, 0.2) is 0 Å². The Morgan fingerprint density at radius 2 is 1.66 bits per heavy atom. The van der Waals surface area contributed by atoms with Gasteiger partial charge >= 0.3 is 11.9 Å². The summed E-state index contributed by atoms with van der Waals surface area (Å²) >= 11 is 0. The van der Waals surface area contributed by atoms with E-state index in [4.69, 9.17) is 28.9 Å². The molecular weight excluding hydrogens is 600 g/mol. The fourth-order valence-electron chi connectivity index (χ4n) is 4.88. The van der Waals surface area contributed by atoms with Crippen LogP contribution in [0.5, 0.6) is 17.4 Å². The summed E-state index contributed by atoms with van der Waals surface area (Å²) in [7, 11) is 0. The third-order valence-electron chi connectivity index (χ3n) is 7.30. The maximum Gasteiger partial charge on any atom is 0.347 e. The zero-order valence-electron chi connectivity index (χ0n) is 27.1. The summed E-state index contributed by atoms with van der Waals surface area (Å²) in [5.74, 6) is 0.0814. The zero-order chi connectivity index (χ0) is 33.3. The van der Waals surface area contributed by atoms with E-state index in [0.717, 1.165) is 29.5 Å². The summed E-state index contributed by atoms with van der Waals surface area (Å²) in [5.41, 5.74) is 4.19. The fraction of sp³-hybridized carbons (Fsp3) is 0.343. The summed E-state index contributed by atoms with van der Waals surface area (Å²) in [6, 6.07) is 18.8. The number of tetrazole rings is 1. The van der Waals surface area contributed by atoms with Crippen LogP contribution < -0.4 is 9.47 Å². The third kappa shape index (κ3) is 7.71. The predicted molar refractivity (Wildman–Crippen MR) is 175 cm³/mol. The van der Waals surface area contributed by atoms with E-state index in [0.29, 0.717) is 35.8 Å². The van der Waals surface area contributed by atoms with Crippen molar-refractivity contribution in [3.05, 3.63) is 71.9 Å². The minimum atomic E-state index is -1.09. The number of carbonyl (C=O) groups is 2. The number of hydrogen-bond donors (Lipinski definition) is 1. The Hall–Kier alpha value is -5.39. The van der Waals surface area contributed by atoms with Gasteiger partial charge in [0.2, 0.25) is 18.0 Å². The maximum atomic E-state index is 13.7. The van der Waals surface area contributed by atoms with Crippen molar-refractivity contribution in [1.82, 2.24) is 30.6 Å². The molecular formula is C35H38N6O6. The molecule has 0 aliphatic heterocycles. The third-order valence-corrected chi connectivity index (χ3v) is 7.30. The van der Waals surface area contributed by atoms with Gasteiger partial charge < -0.3 is 18.9 Å². The standard InChI is InChI=1S/C35H38N6O6/c1-6-9-14-27-33(45-23-17-15-22(16-18-23)24-12-10-11-13-25(24)32-38-40-41-39-32)37-31-26(36-27)19-20-28(44-8-3)30(31)34(43)47-35(21(4)5)46-29(42)7-2/h10-13,15-21,35H,6-9,14H2,1-5H3,(H,38,39,40,41). The van der Waals surface area contributed by atoms with E-state index in [1.54, 1.807) is 32.9 Å². The number of benzene rings is 3. The van der Waals surface area contributed by atoms with Gasteiger partial charge in [0, 0.05) is 17.9 Å². The average molecular weight is 639 g/mol. The number of unbranched alkanes of at least 4 members (excludes halogenated alkanes) is 1. The van der Waals surface area contributed by atoms with Crippen molar-refractivity contribution >= 4 is 23.0 Å². The lowest BCUT2D eigenvalue weighted by molar-refractivity contribution is -0.175. The molecule has 12 nitrogen and oxygen atoms in total. The number of nitrogens with zero attached hydrogens (tertiary/aromatic N) is 5. The molecule has 47 heavy (non-hydrogen) atoms. The van der Waals surface area contributed by atoms with Crippen molar-refractivity contribution in [2.24, 2.45) is 5.92 Å². The molecule has 0 spiro atoms. The quantitative estimate of drug-likeness (QED) is 0.0979. The molecule has 5 rings (SSSR count). The molecule has 3 aromatic carbocycles. The summed E-state index contributed by atoms with van der Waals surface area (Å²) < 4.78 is 23.3. The highest BCUT2D eigenvalue weighted by Gasteiger charge is 2.28. The van der Waals surface area contributed by atoms with E-state index in [1.807, 2.05) is 55.5 Å². The second kappa shape index (κ2) is 15.3. The Morgan fingerprint density at radius 3 is 2.32 bits per heavy atom. The molecule has 0 saturated carbocycles. The number of H-pyrrole nitrogens is 1.